The van der Waals surface area contributed by atoms with E-state index in [1.54, 1.807) is 18.5 Å². The van der Waals surface area contributed by atoms with Crippen molar-refractivity contribution in [1.29, 1.82) is 0 Å². The molecule has 3 aromatic rings. The highest BCUT2D eigenvalue weighted by Crippen LogP contribution is 2.22. The van der Waals surface area contributed by atoms with Gasteiger partial charge in [-0.1, -0.05) is 30.3 Å². The SMILES string of the molecule is Cc1cccc(O[C@@H](C)C(=O)NNC(=O)c2c(C)nn(-c3ccccc3)c2C)c1C. The van der Waals surface area contributed by atoms with Gasteiger partial charge >= 0.3 is 0 Å². The molecule has 0 aliphatic carbocycles. The molecule has 0 bridgehead atoms. The number of nitrogens with zero attached hydrogens (tertiary/aromatic N) is 2. The molecule has 1 heterocycles. The molecule has 0 saturated heterocycles. The van der Waals surface area contributed by atoms with Crippen LogP contribution >= 0.6 is 0 Å². The number of hydrogen-bond donors (Lipinski definition) is 2. The summed E-state index contributed by atoms with van der Waals surface area (Å²) >= 11 is 0. The average molecular weight is 406 g/mol. The van der Waals surface area contributed by atoms with Crippen LogP contribution in [0.15, 0.2) is 48.5 Å². The summed E-state index contributed by atoms with van der Waals surface area (Å²) in [6.45, 7) is 9.12. The summed E-state index contributed by atoms with van der Waals surface area (Å²) in [6, 6.07) is 15.2. The number of hydrogen-bond acceptors (Lipinski definition) is 4. The summed E-state index contributed by atoms with van der Waals surface area (Å²) in [5, 5.41) is 4.46. The zero-order chi connectivity index (χ0) is 21.8. The summed E-state index contributed by atoms with van der Waals surface area (Å²) in [5.41, 5.74) is 9.49. The molecule has 2 amide bonds. The van der Waals surface area contributed by atoms with Crippen LogP contribution in [0.4, 0.5) is 0 Å². The molecule has 0 unspecified atom stereocenters. The first-order valence-electron chi connectivity index (χ1n) is 9.74. The van der Waals surface area contributed by atoms with E-state index >= 15 is 0 Å². The summed E-state index contributed by atoms with van der Waals surface area (Å²) < 4.78 is 7.46. The predicted octanol–water partition coefficient (Wildman–Crippen LogP) is 3.33. The average Bonchev–Trinajstić information content (AvgIpc) is 3.04. The zero-order valence-electron chi connectivity index (χ0n) is 17.8. The topological polar surface area (TPSA) is 85.2 Å². The van der Waals surface area contributed by atoms with Gasteiger partial charge in [0.1, 0.15) is 5.75 Å². The third-order valence-corrected chi connectivity index (χ3v) is 5.05. The molecule has 1 atom stereocenters. The number of ether oxygens (including phenoxy) is 1. The Bertz CT molecular complexity index is 1070. The molecule has 0 aliphatic rings. The van der Waals surface area contributed by atoms with E-state index in [1.807, 2.05) is 69.3 Å². The van der Waals surface area contributed by atoms with Crippen LogP contribution in [0.3, 0.4) is 0 Å². The van der Waals surface area contributed by atoms with Gasteiger partial charge in [-0.3, -0.25) is 20.4 Å². The number of carbonyl (C=O) groups excluding carboxylic acids is 2. The van der Waals surface area contributed by atoms with Gasteiger partial charge in [0, 0.05) is 0 Å². The van der Waals surface area contributed by atoms with Gasteiger partial charge in [-0.25, -0.2) is 4.68 Å². The maximum Gasteiger partial charge on any atom is 0.279 e. The van der Waals surface area contributed by atoms with E-state index in [1.165, 1.54) is 0 Å². The van der Waals surface area contributed by atoms with Crippen LogP contribution in [0, 0.1) is 27.7 Å². The Kier molecular flexibility index (Phi) is 6.20. The summed E-state index contributed by atoms with van der Waals surface area (Å²) in [7, 11) is 0. The molecule has 2 N–H and O–H groups in total. The number of carbonyl (C=O) groups is 2. The minimum atomic E-state index is -0.778. The van der Waals surface area contributed by atoms with E-state index in [2.05, 4.69) is 16.0 Å². The second kappa shape index (κ2) is 8.82. The first-order valence-corrected chi connectivity index (χ1v) is 9.74. The van der Waals surface area contributed by atoms with Crippen LogP contribution in [-0.2, 0) is 4.79 Å². The van der Waals surface area contributed by atoms with Crippen LogP contribution in [0.1, 0.15) is 39.8 Å². The van der Waals surface area contributed by atoms with E-state index in [0.29, 0.717) is 22.7 Å². The van der Waals surface area contributed by atoms with Gasteiger partial charge in [-0.15, -0.1) is 0 Å². The maximum atomic E-state index is 12.7. The van der Waals surface area contributed by atoms with Crippen molar-refractivity contribution >= 4 is 11.8 Å². The van der Waals surface area contributed by atoms with Gasteiger partial charge in [-0.05, 0) is 63.9 Å². The molecule has 0 spiro atoms. The van der Waals surface area contributed by atoms with Gasteiger partial charge < -0.3 is 4.74 Å². The molecule has 0 aliphatic heterocycles. The quantitative estimate of drug-likeness (QED) is 0.637. The monoisotopic (exact) mass is 406 g/mol. The second-order valence-corrected chi connectivity index (χ2v) is 7.19. The minimum Gasteiger partial charge on any atom is -0.481 e. The summed E-state index contributed by atoms with van der Waals surface area (Å²) in [6.07, 6.45) is -0.778. The van der Waals surface area contributed by atoms with E-state index in [4.69, 9.17) is 4.74 Å². The number of benzene rings is 2. The van der Waals surface area contributed by atoms with Crippen molar-refractivity contribution in [1.82, 2.24) is 20.6 Å². The number of rotatable bonds is 5. The third-order valence-electron chi connectivity index (χ3n) is 5.05. The molecular weight excluding hydrogens is 380 g/mol. The fraction of sp³-hybridized carbons (Fsp3) is 0.261. The molecule has 0 radical (unpaired) electrons. The van der Waals surface area contributed by atoms with Gasteiger partial charge in [0.25, 0.3) is 11.8 Å². The van der Waals surface area contributed by atoms with Crippen molar-refractivity contribution < 1.29 is 14.3 Å². The highest BCUT2D eigenvalue weighted by molar-refractivity contribution is 5.97. The van der Waals surface area contributed by atoms with Crippen molar-refractivity contribution in [2.45, 2.75) is 40.7 Å². The molecule has 0 saturated carbocycles. The lowest BCUT2D eigenvalue weighted by Crippen LogP contribution is -2.47. The minimum absolute atomic E-state index is 0.419. The Balaban J connectivity index is 1.66. The number of aromatic nitrogens is 2. The normalized spacial score (nSPS) is 11.6. The fourth-order valence-electron chi connectivity index (χ4n) is 3.17. The van der Waals surface area contributed by atoms with Crippen LogP contribution in [-0.4, -0.2) is 27.7 Å². The van der Waals surface area contributed by atoms with E-state index in [0.717, 1.165) is 16.8 Å². The molecular formula is C23H26N4O3. The molecule has 1 aromatic heterocycles. The second-order valence-electron chi connectivity index (χ2n) is 7.19. The molecule has 3 rings (SSSR count). The van der Waals surface area contributed by atoms with Crippen molar-refractivity contribution in [2.75, 3.05) is 0 Å². The van der Waals surface area contributed by atoms with Gasteiger partial charge in [0.05, 0.1) is 22.6 Å². The van der Waals surface area contributed by atoms with Crippen LogP contribution in [0.2, 0.25) is 0 Å². The Hall–Kier alpha value is -3.61. The Labute approximate surface area is 176 Å². The Morgan fingerprint density at radius 1 is 0.967 bits per heavy atom. The standard InChI is InChI=1S/C23H26N4O3/c1-14-10-9-13-20(15(14)2)30-18(5)22(28)24-25-23(29)21-16(3)26-27(17(21)4)19-11-7-6-8-12-19/h6-13,18H,1-5H3,(H,24,28)(H,25,29)/t18-/m0/s1. The van der Waals surface area contributed by atoms with Crippen LogP contribution in [0.5, 0.6) is 5.75 Å². The van der Waals surface area contributed by atoms with Crippen molar-refractivity contribution in [3.63, 3.8) is 0 Å². The summed E-state index contributed by atoms with van der Waals surface area (Å²) in [4.78, 5) is 25.1. The zero-order valence-corrected chi connectivity index (χ0v) is 17.8. The Morgan fingerprint density at radius 2 is 1.67 bits per heavy atom. The van der Waals surface area contributed by atoms with E-state index in [9.17, 15) is 9.59 Å². The van der Waals surface area contributed by atoms with Crippen molar-refractivity contribution in [3.8, 4) is 11.4 Å². The number of hydrazine groups is 1. The fourth-order valence-corrected chi connectivity index (χ4v) is 3.17. The highest BCUT2D eigenvalue weighted by Gasteiger charge is 2.21. The first kappa shape index (κ1) is 21.1. The molecule has 7 nitrogen and oxygen atoms in total. The van der Waals surface area contributed by atoms with E-state index in [-0.39, 0.29) is 0 Å². The largest absolute Gasteiger partial charge is 0.481 e. The van der Waals surface area contributed by atoms with Crippen molar-refractivity contribution in [2.24, 2.45) is 0 Å². The highest BCUT2D eigenvalue weighted by atomic mass is 16.5. The molecule has 156 valence electrons. The van der Waals surface area contributed by atoms with Crippen LogP contribution in [0.25, 0.3) is 5.69 Å². The number of para-hydroxylation sites is 1. The van der Waals surface area contributed by atoms with E-state index < -0.39 is 17.9 Å². The molecule has 30 heavy (non-hydrogen) atoms. The molecule has 0 fully saturated rings. The first-order chi connectivity index (χ1) is 14.3. The molecule has 2 aromatic carbocycles. The number of amides is 2. The number of aryl methyl sites for hydroxylation is 2. The smallest absolute Gasteiger partial charge is 0.279 e. The summed E-state index contributed by atoms with van der Waals surface area (Å²) in [5.74, 6) is -0.241. The van der Waals surface area contributed by atoms with Gasteiger partial charge in [0.2, 0.25) is 0 Å². The lowest BCUT2D eigenvalue weighted by atomic mass is 10.1. The molecule has 7 heteroatoms. The third kappa shape index (κ3) is 4.35. The maximum absolute atomic E-state index is 12.7. The van der Waals surface area contributed by atoms with Crippen LogP contribution < -0.4 is 15.6 Å². The van der Waals surface area contributed by atoms with Crippen molar-refractivity contribution in [3.05, 3.63) is 76.6 Å². The van der Waals surface area contributed by atoms with Gasteiger partial charge in [-0.2, -0.15) is 5.10 Å². The lowest BCUT2D eigenvalue weighted by molar-refractivity contribution is -0.128. The van der Waals surface area contributed by atoms with Gasteiger partial charge in [0.15, 0.2) is 6.10 Å². The lowest BCUT2D eigenvalue weighted by Gasteiger charge is -2.17. The Morgan fingerprint density at radius 3 is 2.37 bits per heavy atom. The number of nitrogens with one attached hydrogen (secondary N) is 2. The predicted molar refractivity (Wildman–Crippen MR) is 115 cm³/mol.